The first kappa shape index (κ1) is 53.1. The minimum atomic E-state index is -0.656. The van der Waals surface area contributed by atoms with Crippen LogP contribution < -0.4 is 5.32 Å². The minimum absolute atomic E-state index is 0.0268. The van der Waals surface area contributed by atoms with Gasteiger partial charge in [0.2, 0.25) is 5.91 Å². The van der Waals surface area contributed by atoms with Gasteiger partial charge in [-0.05, 0) is 38.5 Å². The molecule has 4 nitrogen and oxygen atoms in total. The predicted molar refractivity (Wildman–Crippen MR) is 239 cm³/mol. The third-order valence-electron chi connectivity index (χ3n) is 11.8. The van der Waals surface area contributed by atoms with Gasteiger partial charge in [-0.2, -0.15) is 0 Å². The van der Waals surface area contributed by atoms with Crippen LogP contribution in [0.15, 0.2) is 12.2 Å². The van der Waals surface area contributed by atoms with Crippen LogP contribution in [0.1, 0.15) is 284 Å². The van der Waals surface area contributed by atoms with E-state index in [4.69, 9.17) is 0 Å². The van der Waals surface area contributed by atoms with E-state index in [1.54, 1.807) is 0 Å². The Morgan fingerprint density at radius 2 is 0.704 bits per heavy atom. The van der Waals surface area contributed by atoms with E-state index in [1.165, 1.54) is 231 Å². The molecule has 0 aliphatic carbocycles. The summed E-state index contributed by atoms with van der Waals surface area (Å²) in [4.78, 5) is 12.4. The number of hydrogen-bond acceptors (Lipinski definition) is 3. The molecule has 0 spiro atoms. The average molecular weight is 762 g/mol. The van der Waals surface area contributed by atoms with Gasteiger partial charge >= 0.3 is 0 Å². The number of aliphatic hydroxyl groups is 2. The minimum Gasteiger partial charge on any atom is -0.394 e. The Labute approximate surface area is 339 Å². The normalized spacial score (nSPS) is 12.9. The fraction of sp³-hybridized carbons (Fsp3) is 0.940. The number of aliphatic hydroxyl groups excluding tert-OH is 2. The number of carbonyl (C=O) groups excluding carboxylic acids is 1. The second-order valence-electron chi connectivity index (χ2n) is 17.2. The molecule has 4 heteroatoms. The van der Waals surface area contributed by atoms with Crippen molar-refractivity contribution in [2.75, 3.05) is 6.61 Å². The molecule has 0 heterocycles. The van der Waals surface area contributed by atoms with Gasteiger partial charge in [-0.25, -0.2) is 0 Å². The molecule has 0 saturated heterocycles. The largest absolute Gasteiger partial charge is 0.394 e. The summed E-state index contributed by atoms with van der Waals surface area (Å²) in [5.41, 5.74) is 0. The Kier molecular flexibility index (Phi) is 45.8. The van der Waals surface area contributed by atoms with E-state index in [2.05, 4.69) is 31.3 Å². The fourth-order valence-corrected chi connectivity index (χ4v) is 7.95. The van der Waals surface area contributed by atoms with Crippen LogP contribution in [-0.2, 0) is 4.79 Å². The maximum Gasteiger partial charge on any atom is 0.220 e. The molecule has 1 amide bonds. The number of allylic oxidation sites excluding steroid dienone is 2. The van der Waals surface area contributed by atoms with Crippen LogP contribution in [0, 0.1) is 0 Å². The van der Waals surface area contributed by atoms with Gasteiger partial charge in [-0.3, -0.25) is 4.79 Å². The van der Waals surface area contributed by atoms with E-state index in [9.17, 15) is 15.0 Å². The van der Waals surface area contributed by atoms with E-state index in [0.29, 0.717) is 12.8 Å². The van der Waals surface area contributed by atoms with Crippen molar-refractivity contribution in [2.24, 2.45) is 0 Å². The highest BCUT2D eigenvalue weighted by molar-refractivity contribution is 5.76. The summed E-state index contributed by atoms with van der Waals surface area (Å²) in [5, 5.41) is 23.2. The third kappa shape index (κ3) is 42.3. The second-order valence-corrected chi connectivity index (χ2v) is 17.2. The highest BCUT2D eigenvalue weighted by Crippen LogP contribution is 2.17. The molecule has 0 rings (SSSR count). The fourth-order valence-electron chi connectivity index (χ4n) is 7.95. The molecule has 2 unspecified atom stereocenters. The van der Waals surface area contributed by atoms with Crippen molar-refractivity contribution >= 4 is 5.91 Å². The molecule has 322 valence electrons. The molecule has 0 aliphatic heterocycles. The lowest BCUT2D eigenvalue weighted by Gasteiger charge is -2.22. The summed E-state index contributed by atoms with van der Waals surface area (Å²) in [6.07, 6.45) is 58.8. The summed E-state index contributed by atoms with van der Waals surface area (Å²) in [7, 11) is 0. The second kappa shape index (κ2) is 46.5. The van der Waals surface area contributed by atoms with Crippen LogP contribution in [-0.4, -0.2) is 34.9 Å². The lowest BCUT2D eigenvalue weighted by Crippen LogP contribution is -2.45. The SMILES string of the molecule is CCCCCCCCCC/C=C\CCCCCCCCCCCCCCCC(=O)NC(CO)C(O)CCCCCCCCCCCCCCCCCCC. The molecule has 54 heavy (non-hydrogen) atoms. The van der Waals surface area contributed by atoms with Gasteiger partial charge in [0.1, 0.15) is 0 Å². The van der Waals surface area contributed by atoms with Crippen molar-refractivity contribution in [2.45, 2.75) is 296 Å². The van der Waals surface area contributed by atoms with Gasteiger partial charge in [0.05, 0.1) is 18.8 Å². The Morgan fingerprint density at radius 3 is 1.02 bits per heavy atom. The van der Waals surface area contributed by atoms with Crippen molar-refractivity contribution in [3.8, 4) is 0 Å². The summed E-state index contributed by atoms with van der Waals surface area (Å²) in [6, 6.07) is -0.532. The van der Waals surface area contributed by atoms with Crippen LogP contribution in [0.4, 0.5) is 0 Å². The first-order valence-corrected chi connectivity index (χ1v) is 24.9. The Hall–Kier alpha value is -0.870. The molecule has 0 saturated carbocycles. The predicted octanol–water partition coefficient (Wildman–Crippen LogP) is 15.8. The maximum atomic E-state index is 12.4. The molecule has 0 fully saturated rings. The van der Waals surface area contributed by atoms with Crippen LogP contribution in [0.3, 0.4) is 0 Å². The van der Waals surface area contributed by atoms with Gasteiger partial charge in [-0.15, -0.1) is 0 Å². The van der Waals surface area contributed by atoms with E-state index < -0.39 is 12.1 Å². The number of nitrogens with one attached hydrogen (secondary N) is 1. The molecule has 3 N–H and O–H groups in total. The quantitative estimate of drug-likeness (QED) is 0.0427. The number of unbranched alkanes of at least 4 members (excludes halogenated alkanes) is 37. The first-order valence-electron chi connectivity index (χ1n) is 24.9. The van der Waals surface area contributed by atoms with Crippen LogP contribution in [0.2, 0.25) is 0 Å². The lowest BCUT2D eigenvalue weighted by molar-refractivity contribution is -0.123. The average Bonchev–Trinajstić information content (AvgIpc) is 3.18. The standard InChI is InChI=1S/C50H99NO3/c1-3-5-7-9-11-13-15-17-19-21-22-23-24-25-26-27-28-30-32-34-36-38-40-42-44-46-50(54)51-48(47-52)49(53)45-43-41-39-37-35-33-31-29-20-18-16-14-12-10-8-6-4-2/h21-22,48-49,52-53H,3-20,23-47H2,1-2H3,(H,51,54)/b22-21-. The van der Waals surface area contributed by atoms with E-state index >= 15 is 0 Å². The molecule has 0 aromatic carbocycles. The number of rotatable bonds is 46. The summed E-state index contributed by atoms with van der Waals surface area (Å²) in [6.45, 7) is 4.38. The van der Waals surface area contributed by atoms with E-state index in [-0.39, 0.29) is 12.5 Å². The zero-order valence-electron chi connectivity index (χ0n) is 37.0. The van der Waals surface area contributed by atoms with Gasteiger partial charge in [0.25, 0.3) is 0 Å². The third-order valence-corrected chi connectivity index (χ3v) is 11.8. The van der Waals surface area contributed by atoms with Gasteiger partial charge < -0.3 is 15.5 Å². The Bertz CT molecular complexity index is 739. The van der Waals surface area contributed by atoms with Crippen molar-refractivity contribution < 1.29 is 15.0 Å². The molecule has 0 aromatic rings. The van der Waals surface area contributed by atoms with Crippen LogP contribution in [0.25, 0.3) is 0 Å². The molecule has 0 bridgehead atoms. The van der Waals surface area contributed by atoms with Crippen LogP contribution in [0.5, 0.6) is 0 Å². The smallest absolute Gasteiger partial charge is 0.220 e. The highest BCUT2D eigenvalue weighted by Gasteiger charge is 2.20. The zero-order valence-corrected chi connectivity index (χ0v) is 37.0. The number of carbonyl (C=O) groups is 1. The Morgan fingerprint density at radius 1 is 0.426 bits per heavy atom. The molecular weight excluding hydrogens is 663 g/mol. The first-order chi connectivity index (χ1) is 26.7. The summed E-state index contributed by atoms with van der Waals surface area (Å²) >= 11 is 0. The molecule has 2 atom stereocenters. The van der Waals surface area contributed by atoms with Crippen molar-refractivity contribution in [1.82, 2.24) is 5.32 Å². The van der Waals surface area contributed by atoms with E-state index in [0.717, 1.165) is 25.7 Å². The number of amides is 1. The summed E-state index contributed by atoms with van der Waals surface area (Å²) < 4.78 is 0. The van der Waals surface area contributed by atoms with Gasteiger partial charge in [-0.1, -0.05) is 251 Å². The molecule has 0 aliphatic rings. The van der Waals surface area contributed by atoms with Crippen molar-refractivity contribution in [3.63, 3.8) is 0 Å². The monoisotopic (exact) mass is 762 g/mol. The maximum absolute atomic E-state index is 12.4. The van der Waals surface area contributed by atoms with Gasteiger partial charge in [0, 0.05) is 6.42 Å². The molecular formula is C50H99NO3. The lowest BCUT2D eigenvalue weighted by atomic mass is 10.0. The van der Waals surface area contributed by atoms with E-state index in [1.807, 2.05) is 0 Å². The molecule has 0 radical (unpaired) electrons. The van der Waals surface area contributed by atoms with Crippen molar-refractivity contribution in [3.05, 3.63) is 12.2 Å². The Balaban J connectivity index is 3.45. The summed E-state index contributed by atoms with van der Waals surface area (Å²) in [5.74, 6) is -0.0268. The van der Waals surface area contributed by atoms with Crippen LogP contribution >= 0.6 is 0 Å². The van der Waals surface area contributed by atoms with Gasteiger partial charge in [0.15, 0.2) is 0 Å². The number of hydrogen-bond donors (Lipinski definition) is 3. The topological polar surface area (TPSA) is 69.6 Å². The zero-order chi connectivity index (χ0) is 39.3. The highest BCUT2D eigenvalue weighted by atomic mass is 16.3. The molecule has 0 aromatic heterocycles. The van der Waals surface area contributed by atoms with Crippen molar-refractivity contribution in [1.29, 1.82) is 0 Å².